The summed E-state index contributed by atoms with van der Waals surface area (Å²) >= 11 is 0. The molecule has 1 aliphatic rings. The van der Waals surface area contributed by atoms with Gasteiger partial charge in [-0.1, -0.05) is 5.16 Å². The first-order valence-corrected chi connectivity index (χ1v) is 10.4. The van der Waals surface area contributed by atoms with Crippen LogP contribution in [-0.2, 0) is 14.8 Å². The van der Waals surface area contributed by atoms with E-state index in [0.29, 0.717) is 43.8 Å². The van der Waals surface area contributed by atoms with Gasteiger partial charge < -0.3 is 14.0 Å². The van der Waals surface area contributed by atoms with Gasteiger partial charge in [-0.25, -0.2) is 8.42 Å². The van der Waals surface area contributed by atoms with Crippen LogP contribution in [-0.4, -0.2) is 56.3 Å². The summed E-state index contributed by atoms with van der Waals surface area (Å²) in [6.45, 7) is 5.31. The highest BCUT2D eigenvalue weighted by Crippen LogP contribution is 2.31. The van der Waals surface area contributed by atoms with E-state index in [-0.39, 0.29) is 10.8 Å². The van der Waals surface area contributed by atoms with Gasteiger partial charge in [0, 0.05) is 20.2 Å². The van der Waals surface area contributed by atoms with E-state index in [0.717, 1.165) is 18.4 Å². The monoisotopic (exact) mass is 395 g/mol. The Kier molecular flexibility index (Phi) is 6.13. The molecule has 0 N–H and O–H groups in total. The molecular weight excluding hydrogens is 370 g/mol. The summed E-state index contributed by atoms with van der Waals surface area (Å²) in [5, 5.41) is 3.81. The number of aryl methyl sites for hydroxylation is 2. The van der Waals surface area contributed by atoms with Gasteiger partial charge in [-0.2, -0.15) is 9.29 Å². The summed E-state index contributed by atoms with van der Waals surface area (Å²) in [5.41, 5.74) is 0.772. The second-order valence-corrected chi connectivity index (χ2v) is 8.59. The third-order valence-corrected chi connectivity index (χ3v) is 6.47. The van der Waals surface area contributed by atoms with Crippen LogP contribution in [0.1, 0.15) is 36.0 Å². The van der Waals surface area contributed by atoms with E-state index in [2.05, 4.69) is 10.1 Å². The molecule has 2 aromatic rings. The van der Waals surface area contributed by atoms with Crippen LogP contribution in [0.4, 0.5) is 0 Å². The molecule has 0 amide bonds. The minimum atomic E-state index is -3.60. The van der Waals surface area contributed by atoms with Crippen LogP contribution in [0.2, 0.25) is 0 Å². The Morgan fingerprint density at radius 3 is 2.78 bits per heavy atom. The zero-order chi connectivity index (χ0) is 19.4. The van der Waals surface area contributed by atoms with Gasteiger partial charge in [-0.3, -0.25) is 0 Å². The van der Waals surface area contributed by atoms with E-state index < -0.39 is 10.0 Å². The molecule has 3 rings (SSSR count). The molecule has 27 heavy (non-hydrogen) atoms. The molecule has 0 saturated carbocycles. The third kappa shape index (κ3) is 4.48. The van der Waals surface area contributed by atoms with Gasteiger partial charge in [0.25, 0.3) is 0 Å². The molecule has 1 saturated heterocycles. The number of nitrogens with zero attached hydrogens (tertiary/aromatic N) is 3. The van der Waals surface area contributed by atoms with Crippen molar-refractivity contribution >= 4 is 10.0 Å². The van der Waals surface area contributed by atoms with E-state index in [1.807, 2.05) is 6.92 Å². The number of methoxy groups -OCH3 is 1. The second-order valence-electron chi connectivity index (χ2n) is 6.65. The van der Waals surface area contributed by atoms with Crippen LogP contribution < -0.4 is 4.74 Å². The zero-order valence-corrected chi connectivity index (χ0v) is 16.7. The number of piperidine rings is 1. The number of ether oxygens (including phenoxy) is 2. The number of hydrogen-bond acceptors (Lipinski definition) is 7. The molecule has 1 aromatic carbocycles. The topological polar surface area (TPSA) is 94.8 Å². The molecule has 148 valence electrons. The first-order chi connectivity index (χ1) is 12.9. The molecule has 9 heteroatoms. The van der Waals surface area contributed by atoms with Crippen molar-refractivity contribution in [2.24, 2.45) is 0 Å². The van der Waals surface area contributed by atoms with Gasteiger partial charge >= 0.3 is 0 Å². The van der Waals surface area contributed by atoms with Crippen LogP contribution in [0.25, 0.3) is 0 Å². The molecular formula is C18H25N3O5S. The highest BCUT2D eigenvalue weighted by atomic mass is 32.2. The number of benzene rings is 1. The fourth-order valence-corrected chi connectivity index (χ4v) is 4.78. The molecule has 0 unspecified atom stereocenters. The maximum absolute atomic E-state index is 13.1. The highest BCUT2D eigenvalue weighted by Gasteiger charge is 2.33. The molecule has 8 nitrogen and oxygen atoms in total. The number of hydrogen-bond donors (Lipinski definition) is 0. The lowest BCUT2D eigenvalue weighted by Crippen LogP contribution is -2.39. The second kappa shape index (κ2) is 8.37. The molecule has 0 aliphatic carbocycles. The Morgan fingerprint density at radius 2 is 2.11 bits per heavy atom. The van der Waals surface area contributed by atoms with E-state index >= 15 is 0 Å². The summed E-state index contributed by atoms with van der Waals surface area (Å²) in [6, 6.07) is 4.93. The molecule has 1 atom stereocenters. The lowest BCUT2D eigenvalue weighted by molar-refractivity contribution is 0.146. The van der Waals surface area contributed by atoms with Crippen LogP contribution in [0.3, 0.4) is 0 Å². The van der Waals surface area contributed by atoms with Crippen molar-refractivity contribution in [2.75, 3.05) is 33.4 Å². The Balaban J connectivity index is 1.76. The highest BCUT2D eigenvalue weighted by molar-refractivity contribution is 7.89. The Morgan fingerprint density at radius 1 is 1.30 bits per heavy atom. The molecule has 2 heterocycles. The first kappa shape index (κ1) is 19.8. The molecule has 1 aliphatic heterocycles. The minimum absolute atomic E-state index is 0.0764. The lowest BCUT2D eigenvalue weighted by Gasteiger charge is -2.30. The zero-order valence-electron chi connectivity index (χ0n) is 15.8. The lowest BCUT2D eigenvalue weighted by atomic mass is 10.00. The Hall–Kier alpha value is -1.97. The van der Waals surface area contributed by atoms with E-state index in [4.69, 9.17) is 14.0 Å². The fourth-order valence-electron chi connectivity index (χ4n) is 3.17. The standard InChI is InChI=1S/C18H25N3O5S/c1-13-11-16(6-7-17(13)25-10-9-24-3)27(22,23)21-8-4-5-15(12-21)18-19-14(2)20-26-18/h6-7,11,15H,4-5,8-10,12H2,1-3H3/t15-/m1/s1. The minimum Gasteiger partial charge on any atom is -0.491 e. The van der Waals surface area contributed by atoms with Crippen LogP contribution in [0, 0.1) is 13.8 Å². The third-order valence-electron chi connectivity index (χ3n) is 4.61. The van der Waals surface area contributed by atoms with Crippen molar-refractivity contribution in [1.82, 2.24) is 14.4 Å². The smallest absolute Gasteiger partial charge is 0.243 e. The Labute approximate surface area is 159 Å². The quantitative estimate of drug-likeness (QED) is 0.664. The van der Waals surface area contributed by atoms with Gasteiger partial charge in [0.1, 0.15) is 12.4 Å². The van der Waals surface area contributed by atoms with E-state index in [1.165, 1.54) is 4.31 Å². The number of rotatable bonds is 7. The maximum Gasteiger partial charge on any atom is 0.243 e. The van der Waals surface area contributed by atoms with Gasteiger partial charge in [-0.05, 0) is 50.5 Å². The average Bonchev–Trinajstić information content (AvgIpc) is 3.09. The van der Waals surface area contributed by atoms with Crippen molar-refractivity contribution in [3.8, 4) is 5.75 Å². The van der Waals surface area contributed by atoms with Crippen LogP contribution in [0.15, 0.2) is 27.6 Å². The summed E-state index contributed by atoms with van der Waals surface area (Å²) in [6.07, 6.45) is 1.58. The van der Waals surface area contributed by atoms with Gasteiger partial charge in [0.05, 0.1) is 17.4 Å². The van der Waals surface area contributed by atoms with Crippen LogP contribution in [0.5, 0.6) is 5.75 Å². The van der Waals surface area contributed by atoms with E-state index in [9.17, 15) is 8.42 Å². The van der Waals surface area contributed by atoms with Crippen molar-refractivity contribution in [1.29, 1.82) is 0 Å². The normalized spacial score (nSPS) is 18.6. The predicted octanol–water partition coefficient (Wildman–Crippen LogP) is 2.28. The van der Waals surface area contributed by atoms with E-state index in [1.54, 1.807) is 32.2 Å². The summed E-state index contributed by atoms with van der Waals surface area (Å²) in [5.74, 6) is 1.64. The SMILES string of the molecule is COCCOc1ccc(S(=O)(=O)N2CCC[C@@H](c3nc(C)no3)C2)cc1C. The molecule has 1 fully saturated rings. The first-order valence-electron chi connectivity index (χ1n) is 8.94. The summed E-state index contributed by atoms with van der Waals surface area (Å²) in [7, 11) is -1.99. The summed E-state index contributed by atoms with van der Waals surface area (Å²) in [4.78, 5) is 4.52. The molecule has 0 bridgehead atoms. The molecule has 0 spiro atoms. The maximum atomic E-state index is 13.1. The van der Waals surface area contributed by atoms with Crippen LogP contribution >= 0.6 is 0 Å². The number of aromatic nitrogens is 2. The average molecular weight is 395 g/mol. The van der Waals surface area contributed by atoms with Crippen molar-refractivity contribution < 1.29 is 22.4 Å². The fraction of sp³-hybridized carbons (Fsp3) is 0.556. The van der Waals surface area contributed by atoms with Crippen molar-refractivity contribution in [3.63, 3.8) is 0 Å². The van der Waals surface area contributed by atoms with Gasteiger partial charge in [0.2, 0.25) is 15.9 Å². The Bertz CT molecular complexity index is 881. The van der Waals surface area contributed by atoms with Gasteiger partial charge in [-0.15, -0.1) is 0 Å². The summed E-state index contributed by atoms with van der Waals surface area (Å²) < 4.78 is 43.5. The predicted molar refractivity (Wildman–Crippen MR) is 98.3 cm³/mol. The largest absolute Gasteiger partial charge is 0.491 e. The van der Waals surface area contributed by atoms with Crippen molar-refractivity contribution in [3.05, 3.63) is 35.5 Å². The molecule has 0 radical (unpaired) electrons. The van der Waals surface area contributed by atoms with Crippen molar-refractivity contribution in [2.45, 2.75) is 37.5 Å². The number of sulfonamides is 1. The molecule has 1 aromatic heterocycles. The van der Waals surface area contributed by atoms with Gasteiger partial charge in [0.15, 0.2) is 5.82 Å².